The first kappa shape index (κ1) is 17.4. The van der Waals surface area contributed by atoms with Crippen LogP contribution in [-0.4, -0.2) is 21.6 Å². The molecule has 2 rings (SSSR count). The van der Waals surface area contributed by atoms with Crippen LogP contribution in [0.3, 0.4) is 0 Å². The lowest BCUT2D eigenvalue weighted by atomic mass is 10.0. The maximum atomic E-state index is 12.8. The minimum absolute atomic E-state index is 0.0280. The summed E-state index contributed by atoms with van der Waals surface area (Å²) in [6.45, 7) is 4.56. The van der Waals surface area contributed by atoms with E-state index >= 15 is 0 Å². The van der Waals surface area contributed by atoms with Crippen molar-refractivity contribution in [2.75, 3.05) is 13.2 Å². The largest absolute Gasteiger partial charge is 0.492 e. The summed E-state index contributed by atoms with van der Waals surface area (Å²) in [5, 5.41) is 0. The fourth-order valence-corrected chi connectivity index (χ4v) is 3.00. The third kappa shape index (κ3) is 5.04. The zero-order valence-corrected chi connectivity index (χ0v) is 13.9. The number of rotatable bonds is 7. The molecule has 4 nitrogen and oxygen atoms in total. The van der Waals surface area contributed by atoms with Crippen molar-refractivity contribution >= 4 is 10.0 Å². The fourth-order valence-electron chi connectivity index (χ4n) is 1.99. The Bertz CT molecular complexity index is 725. The van der Waals surface area contributed by atoms with Gasteiger partial charge in [-0.2, -0.15) is 0 Å². The predicted octanol–water partition coefficient (Wildman–Crippen LogP) is 3.31. The molecular weight excluding hydrogens is 317 g/mol. The smallest absolute Gasteiger partial charge is 0.240 e. The van der Waals surface area contributed by atoms with Gasteiger partial charge in [0.1, 0.15) is 18.2 Å². The second-order valence-electron chi connectivity index (χ2n) is 5.42. The summed E-state index contributed by atoms with van der Waals surface area (Å²) in [4.78, 5) is 0.0280. The summed E-state index contributed by atoms with van der Waals surface area (Å²) in [6.07, 6.45) is 0. The Kier molecular flexibility index (Phi) is 5.74. The van der Waals surface area contributed by atoms with Crippen LogP contribution >= 0.6 is 0 Å². The maximum Gasteiger partial charge on any atom is 0.240 e. The highest BCUT2D eigenvalue weighted by Crippen LogP contribution is 2.18. The standard InChI is InChI=1S/C17H20FNO3S/c1-13(2)14-3-7-16(8-4-14)22-12-11-19-23(20,21)17-9-5-15(18)6-10-17/h3-10,13,19H,11-12H2,1-2H3. The van der Waals surface area contributed by atoms with Crippen LogP contribution < -0.4 is 9.46 Å². The zero-order chi connectivity index (χ0) is 16.9. The molecule has 1 N–H and O–H groups in total. The molecule has 2 aromatic carbocycles. The molecule has 0 unspecified atom stereocenters. The van der Waals surface area contributed by atoms with Gasteiger partial charge < -0.3 is 4.74 Å². The van der Waals surface area contributed by atoms with Crippen molar-refractivity contribution in [3.05, 3.63) is 59.9 Å². The summed E-state index contributed by atoms with van der Waals surface area (Å²) >= 11 is 0. The molecule has 23 heavy (non-hydrogen) atoms. The number of ether oxygens (including phenoxy) is 1. The lowest BCUT2D eigenvalue weighted by molar-refractivity contribution is 0.322. The summed E-state index contributed by atoms with van der Waals surface area (Å²) in [5.74, 6) is 0.666. The Balaban J connectivity index is 1.83. The first-order valence-electron chi connectivity index (χ1n) is 7.36. The molecule has 6 heteroatoms. The van der Waals surface area contributed by atoms with Crippen molar-refractivity contribution < 1.29 is 17.5 Å². The van der Waals surface area contributed by atoms with Gasteiger partial charge in [0.15, 0.2) is 0 Å². The highest BCUT2D eigenvalue weighted by Gasteiger charge is 2.13. The van der Waals surface area contributed by atoms with Gasteiger partial charge in [-0.1, -0.05) is 26.0 Å². The Morgan fingerprint density at radius 3 is 2.22 bits per heavy atom. The van der Waals surface area contributed by atoms with Crippen LogP contribution in [0.1, 0.15) is 25.3 Å². The van der Waals surface area contributed by atoms with Gasteiger partial charge in [-0.15, -0.1) is 0 Å². The summed E-state index contributed by atoms with van der Waals surface area (Å²) in [6, 6.07) is 12.4. The van der Waals surface area contributed by atoms with Gasteiger partial charge in [0, 0.05) is 6.54 Å². The molecule has 0 saturated heterocycles. The molecule has 0 amide bonds. The number of nitrogens with one attached hydrogen (secondary N) is 1. The zero-order valence-electron chi connectivity index (χ0n) is 13.1. The van der Waals surface area contributed by atoms with Crippen molar-refractivity contribution in [1.29, 1.82) is 0 Å². The Labute approximate surface area is 136 Å². The second kappa shape index (κ2) is 7.57. The monoisotopic (exact) mass is 337 g/mol. The molecule has 2 aromatic rings. The van der Waals surface area contributed by atoms with Crippen LogP contribution in [0.15, 0.2) is 53.4 Å². The van der Waals surface area contributed by atoms with Gasteiger partial charge in [0.05, 0.1) is 4.90 Å². The van der Waals surface area contributed by atoms with Crippen LogP contribution in [0.5, 0.6) is 5.75 Å². The Morgan fingerprint density at radius 2 is 1.65 bits per heavy atom. The molecule has 0 aliphatic carbocycles. The summed E-state index contributed by atoms with van der Waals surface area (Å²) < 4.78 is 44.7. The van der Waals surface area contributed by atoms with E-state index in [1.54, 1.807) is 0 Å². The van der Waals surface area contributed by atoms with E-state index in [-0.39, 0.29) is 18.0 Å². The summed E-state index contributed by atoms with van der Waals surface area (Å²) in [5.41, 5.74) is 1.22. The van der Waals surface area contributed by atoms with E-state index < -0.39 is 15.8 Å². The molecule has 0 saturated carbocycles. The van der Waals surface area contributed by atoms with E-state index in [0.29, 0.717) is 11.7 Å². The van der Waals surface area contributed by atoms with Gasteiger partial charge in [-0.3, -0.25) is 0 Å². The molecule has 0 aromatic heterocycles. The van der Waals surface area contributed by atoms with Crippen molar-refractivity contribution in [2.45, 2.75) is 24.7 Å². The first-order valence-corrected chi connectivity index (χ1v) is 8.85. The molecule has 0 heterocycles. The van der Waals surface area contributed by atoms with Crippen molar-refractivity contribution in [3.8, 4) is 5.75 Å². The minimum atomic E-state index is -3.65. The second-order valence-corrected chi connectivity index (χ2v) is 7.19. The lowest BCUT2D eigenvalue weighted by Gasteiger charge is -2.10. The van der Waals surface area contributed by atoms with Gasteiger partial charge in [-0.25, -0.2) is 17.5 Å². The van der Waals surface area contributed by atoms with Crippen LogP contribution in [0, 0.1) is 5.82 Å². The van der Waals surface area contributed by atoms with Crippen LogP contribution in [0.4, 0.5) is 4.39 Å². The van der Waals surface area contributed by atoms with Gasteiger partial charge in [0.2, 0.25) is 10.0 Å². The molecule has 0 radical (unpaired) electrons. The molecule has 0 aliphatic rings. The Morgan fingerprint density at radius 1 is 1.04 bits per heavy atom. The van der Waals surface area contributed by atoms with E-state index in [1.165, 1.54) is 17.7 Å². The highest BCUT2D eigenvalue weighted by atomic mass is 32.2. The average molecular weight is 337 g/mol. The van der Waals surface area contributed by atoms with E-state index in [9.17, 15) is 12.8 Å². The quantitative estimate of drug-likeness (QED) is 0.789. The molecule has 0 spiro atoms. The van der Waals surface area contributed by atoms with E-state index in [2.05, 4.69) is 18.6 Å². The molecule has 124 valence electrons. The van der Waals surface area contributed by atoms with Crippen molar-refractivity contribution in [2.24, 2.45) is 0 Å². The SMILES string of the molecule is CC(C)c1ccc(OCCNS(=O)(=O)c2ccc(F)cc2)cc1. The van der Waals surface area contributed by atoms with Crippen LogP contribution in [0.2, 0.25) is 0 Å². The maximum absolute atomic E-state index is 12.8. The van der Waals surface area contributed by atoms with E-state index in [0.717, 1.165) is 12.1 Å². The van der Waals surface area contributed by atoms with Crippen molar-refractivity contribution in [1.82, 2.24) is 4.72 Å². The van der Waals surface area contributed by atoms with Gasteiger partial charge >= 0.3 is 0 Å². The lowest BCUT2D eigenvalue weighted by Crippen LogP contribution is -2.28. The number of hydrogen-bond acceptors (Lipinski definition) is 3. The Hall–Kier alpha value is -1.92. The average Bonchev–Trinajstić information content (AvgIpc) is 2.52. The van der Waals surface area contributed by atoms with E-state index in [4.69, 9.17) is 4.74 Å². The number of benzene rings is 2. The van der Waals surface area contributed by atoms with Crippen LogP contribution in [0.25, 0.3) is 0 Å². The molecule has 0 fully saturated rings. The third-order valence-corrected chi connectivity index (χ3v) is 4.81. The molecule has 0 aliphatic heterocycles. The topological polar surface area (TPSA) is 55.4 Å². The van der Waals surface area contributed by atoms with Crippen LogP contribution in [-0.2, 0) is 10.0 Å². The third-order valence-electron chi connectivity index (χ3n) is 3.33. The molecular formula is C17H20FNO3S. The molecule has 0 atom stereocenters. The fraction of sp³-hybridized carbons (Fsp3) is 0.294. The van der Waals surface area contributed by atoms with E-state index in [1.807, 2.05) is 24.3 Å². The normalized spacial score (nSPS) is 11.7. The number of sulfonamides is 1. The van der Waals surface area contributed by atoms with Crippen molar-refractivity contribution in [3.63, 3.8) is 0 Å². The minimum Gasteiger partial charge on any atom is -0.492 e. The number of halogens is 1. The van der Waals surface area contributed by atoms with Gasteiger partial charge in [-0.05, 0) is 47.9 Å². The predicted molar refractivity (Wildman–Crippen MR) is 87.6 cm³/mol. The summed E-state index contributed by atoms with van der Waals surface area (Å²) in [7, 11) is -3.65. The highest BCUT2D eigenvalue weighted by molar-refractivity contribution is 7.89. The number of hydrogen-bond donors (Lipinski definition) is 1. The first-order chi connectivity index (χ1) is 10.9. The molecule has 0 bridgehead atoms. The van der Waals surface area contributed by atoms with Gasteiger partial charge in [0.25, 0.3) is 0 Å².